The molecule has 3 N–H and O–H groups in total. The van der Waals surface area contributed by atoms with Gasteiger partial charge in [0, 0.05) is 13.6 Å². The van der Waals surface area contributed by atoms with Gasteiger partial charge >= 0.3 is 5.97 Å². The largest absolute Gasteiger partial charge is 0.478 e. The molecule has 0 aliphatic heterocycles. The van der Waals surface area contributed by atoms with Crippen LogP contribution in [0.15, 0.2) is 34.7 Å². The number of carbonyl (C=O) groups is 1. The van der Waals surface area contributed by atoms with E-state index >= 15 is 0 Å². The molecule has 7 heteroatoms. The van der Waals surface area contributed by atoms with Crippen LogP contribution in [0, 0.1) is 0 Å². The lowest BCUT2D eigenvalue weighted by atomic mass is 9.97. The fourth-order valence-corrected chi connectivity index (χ4v) is 3.91. The smallest absolute Gasteiger partial charge is 0.335 e. The molecular weight excluding hydrogens is 316 g/mol. The van der Waals surface area contributed by atoms with Crippen LogP contribution in [0.5, 0.6) is 0 Å². The summed E-state index contributed by atoms with van der Waals surface area (Å²) >= 11 is 0. The molecule has 0 saturated carbocycles. The molecule has 2 rings (SSSR count). The molecule has 23 heavy (non-hydrogen) atoms. The van der Waals surface area contributed by atoms with E-state index < -0.39 is 16.0 Å². The van der Waals surface area contributed by atoms with Crippen LogP contribution < -0.4 is 10.0 Å². The van der Waals surface area contributed by atoms with E-state index in [0.717, 1.165) is 19.3 Å². The normalized spacial score (nSPS) is 15.1. The zero-order valence-electron chi connectivity index (χ0n) is 13.1. The molecule has 1 aliphatic rings. The van der Waals surface area contributed by atoms with Crippen LogP contribution in [0.2, 0.25) is 0 Å². The van der Waals surface area contributed by atoms with Crippen LogP contribution in [0.1, 0.15) is 42.5 Å². The van der Waals surface area contributed by atoms with E-state index in [1.54, 1.807) is 7.05 Å². The molecule has 0 aromatic heterocycles. The quantitative estimate of drug-likeness (QED) is 0.664. The van der Waals surface area contributed by atoms with Crippen LogP contribution in [0.4, 0.5) is 5.69 Å². The Hall–Kier alpha value is -1.86. The van der Waals surface area contributed by atoms with Crippen molar-refractivity contribution in [3.63, 3.8) is 0 Å². The van der Waals surface area contributed by atoms with Crippen LogP contribution in [0.3, 0.4) is 0 Å². The number of carboxylic acid groups (broad SMARTS) is 1. The number of carboxylic acids is 1. The number of nitrogens with one attached hydrogen (secondary N) is 2. The average Bonchev–Trinajstić information content (AvgIpc) is 2.55. The van der Waals surface area contributed by atoms with Crippen molar-refractivity contribution in [1.29, 1.82) is 0 Å². The fourth-order valence-electron chi connectivity index (χ4n) is 2.64. The Kier molecular flexibility index (Phi) is 5.79. The Bertz CT molecular complexity index is 711. The molecule has 0 heterocycles. The molecule has 126 valence electrons. The van der Waals surface area contributed by atoms with Crippen LogP contribution in [-0.4, -0.2) is 33.1 Å². The molecule has 1 aromatic carbocycles. The van der Waals surface area contributed by atoms with E-state index in [9.17, 15) is 13.2 Å². The summed E-state index contributed by atoms with van der Waals surface area (Å²) in [5.41, 5.74) is 1.60. The van der Waals surface area contributed by atoms with Gasteiger partial charge < -0.3 is 10.4 Å². The van der Waals surface area contributed by atoms with Crippen molar-refractivity contribution in [3.8, 4) is 0 Å². The number of hydrogen-bond acceptors (Lipinski definition) is 4. The predicted octanol–water partition coefficient (Wildman–Crippen LogP) is 2.60. The maximum Gasteiger partial charge on any atom is 0.335 e. The molecule has 0 bridgehead atoms. The third-order valence-corrected chi connectivity index (χ3v) is 5.41. The lowest BCUT2D eigenvalue weighted by molar-refractivity contribution is 0.0696. The minimum absolute atomic E-state index is 0.0440. The number of hydrogen-bond donors (Lipinski definition) is 3. The van der Waals surface area contributed by atoms with Gasteiger partial charge in [0.25, 0.3) is 0 Å². The lowest BCUT2D eigenvalue weighted by Gasteiger charge is -2.14. The van der Waals surface area contributed by atoms with E-state index in [0.29, 0.717) is 18.7 Å². The van der Waals surface area contributed by atoms with Crippen molar-refractivity contribution >= 4 is 21.7 Å². The number of aromatic carboxylic acids is 1. The van der Waals surface area contributed by atoms with Crippen molar-refractivity contribution < 1.29 is 18.3 Å². The van der Waals surface area contributed by atoms with E-state index in [1.807, 2.05) is 0 Å². The summed E-state index contributed by atoms with van der Waals surface area (Å²) in [5, 5.41) is 11.8. The van der Waals surface area contributed by atoms with Crippen molar-refractivity contribution in [2.24, 2.45) is 0 Å². The highest BCUT2D eigenvalue weighted by Gasteiger charge is 2.20. The average molecular weight is 338 g/mol. The van der Waals surface area contributed by atoms with Crippen molar-refractivity contribution in [2.75, 3.05) is 18.9 Å². The summed E-state index contributed by atoms with van der Waals surface area (Å²) in [4.78, 5) is 11.0. The molecule has 0 radical (unpaired) electrons. The third-order valence-electron chi connectivity index (χ3n) is 3.91. The van der Waals surface area contributed by atoms with Gasteiger partial charge in [0.2, 0.25) is 10.0 Å². The minimum atomic E-state index is -3.76. The predicted molar refractivity (Wildman–Crippen MR) is 89.3 cm³/mol. The molecule has 0 amide bonds. The number of benzene rings is 1. The first-order valence-corrected chi connectivity index (χ1v) is 9.15. The zero-order chi connectivity index (χ0) is 16.9. The van der Waals surface area contributed by atoms with E-state index in [2.05, 4.69) is 16.1 Å². The number of sulfonamides is 1. The third kappa shape index (κ3) is 4.56. The standard InChI is InChI=1S/C16H22N2O4S/c1-17-14-8-7-13(16(19)20)11-15(14)23(21,22)18-10-9-12-5-3-2-4-6-12/h5,7-8,11,17-18H,2-4,6,9-10H2,1H3,(H,19,20). The summed E-state index contributed by atoms with van der Waals surface area (Å²) in [6.45, 7) is 0.314. The second kappa shape index (κ2) is 7.61. The Labute approximate surface area is 136 Å². The summed E-state index contributed by atoms with van der Waals surface area (Å²) in [6.07, 6.45) is 7.31. The monoisotopic (exact) mass is 338 g/mol. The van der Waals surface area contributed by atoms with Crippen molar-refractivity contribution in [2.45, 2.75) is 37.0 Å². The molecule has 6 nitrogen and oxygen atoms in total. The fraction of sp³-hybridized carbons (Fsp3) is 0.438. The highest BCUT2D eigenvalue weighted by molar-refractivity contribution is 7.89. The first-order chi connectivity index (χ1) is 10.9. The first kappa shape index (κ1) is 17.5. The highest BCUT2D eigenvalue weighted by Crippen LogP contribution is 2.23. The first-order valence-electron chi connectivity index (χ1n) is 7.66. The molecular formula is C16H22N2O4S. The molecule has 1 aromatic rings. The molecule has 0 atom stereocenters. The topological polar surface area (TPSA) is 95.5 Å². The Morgan fingerprint density at radius 3 is 2.70 bits per heavy atom. The highest BCUT2D eigenvalue weighted by atomic mass is 32.2. The van der Waals surface area contributed by atoms with E-state index in [1.165, 1.54) is 30.2 Å². The number of allylic oxidation sites excluding steroid dienone is 1. The van der Waals surface area contributed by atoms with Crippen molar-refractivity contribution in [3.05, 3.63) is 35.4 Å². The molecule has 0 saturated heterocycles. The van der Waals surface area contributed by atoms with Gasteiger partial charge in [0.15, 0.2) is 0 Å². The Morgan fingerprint density at radius 1 is 1.30 bits per heavy atom. The summed E-state index contributed by atoms with van der Waals surface area (Å²) in [6, 6.07) is 4.01. The lowest BCUT2D eigenvalue weighted by Crippen LogP contribution is -2.26. The molecule has 0 fully saturated rings. The van der Waals surface area contributed by atoms with Gasteiger partial charge in [-0.2, -0.15) is 0 Å². The van der Waals surface area contributed by atoms with Gasteiger partial charge in [0.05, 0.1) is 11.3 Å². The van der Waals surface area contributed by atoms with E-state index in [-0.39, 0.29) is 10.5 Å². The SMILES string of the molecule is CNc1ccc(C(=O)O)cc1S(=O)(=O)NCCC1=CCCCC1. The maximum atomic E-state index is 12.5. The second-order valence-corrected chi connectivity index (χ2v) is 7.26. The maximum absolute atomic E-state index is 12.5. The summed E-state index contributed by atoms with van der Waals surface area (Å²) < 4.78 is 27.5. The van der Waals surface area contributed by atoms with Crippen LogP contribution in [-0.2, 0) is 10.0 Å². The van der Waals surface area contributed by atoms with E-state index in [4.69, 9.17) is 5.11 Å². The second-order valence-electron chi connectivity index (χ2n) is 5.52. The summed E-state index contributed by atoms with van der Waals surface area (Å²) in [5.74, 6) is -1.16. The van der Waals surface area contributed by atoms with Gasteiger partial charge in [0.1, 0.15) is 4.90 Å². The molecule has 0 unspecified atom stereocenters. The number of rotatable bonds is 7. The van der Waals surface area contributed by atoms with Crippen LogP contribution in [0.25, 0.3) is 0 Å². The molecule has 0 spiro atoms. The van der Waals surface area contributed by atoms with Gasteiger partial charge in [-0.15, -0.1) is 0 Å². The Balaban J connectivity index is 2.13. The van der Waals surface area contributed by atoms with Gasteiger partial charge in [-0.1, -0.05) is 11.6 Å². The van der Waals surface area contributed by atoms with Gasteiger partial charge in [-0.25, -0.2) is 17.9 Å². The van der Waals surface area contributed by atoms with Crippen molar-refractivity contribution in [1.82, 2.24) is 4.72 Å². The van der Waals surface area contributed by atoms with Gasteiger partial charge in [-0.05, 0) is 50.3 Å². The number of anilines is 1. The zero-order valence-corrected chi connectivity index (χ0v) is 13.9. The Morgan fingerprint density at radius 2 is 2.09 bits per heavy atom. The summed E-state index contributed by atoms with van der Waals surface area (Å²) in [7, 11) is -2.16. The minimum Gasteiger partial charge on any atom is -0.478 e. The van der Waals surface area contributed by atoms with Crippen LogP contribution >= 0.6 is 0 Å². The van der Waals surface area contributed by atoms with Gasteiger partial charge in [-0.3, -0.25) is 0 Å². The molecule has 1 aliphatic carbocycles.